The molecule has 2 rings (SSSR count). The lowest BCUT2D eigenvalue weighted by Gasteiger charge is -2.22. The fourth-order valence-electron chi connectivity index (χ4n) is 2.28. The van der Waals surface area contributed by atoms with Gasteiger partial charge in [0, 0.05) is 28.5 Å². The van der Waals surface area contributed by atoms with Crippen molar-refractivity contribution in [2.24, 2.45) is 0 Å². The summed E-state index contributed by atoms with van der Waals surface area (Å²) in [5.41, 5.74) is 1.76. The van der Waals surface area contributed by atoms with Gasteiger partial charge in [-0.1, -0.05) is 18.6 Å². The summed E-state index contributed by atoms with van der Waals surface area (Å²) in [7, 11) is -0.867. The predicted octanol–water partition coefficient (Wildman–Crippen LogP) is 2.07. The summed E-state index contributed by atoms with van der Waals surface area (Å²) in [4.78, 5) is 12.1. The Kier molecular flexibility index (Phi) is 7.19. The Morgan fingerprint density at radius 2 is 2.25 bits per heavy atom. The monoisotopic (exact) mass is 316 g/mol. The molecule has 4 nitrogen and oxygen atoms in total. The van der Waals surface area contributed by atoms with Crippen molar-refractivity contribution in [2.45, 2.75) is 31.1 Å². The number of rotatable bonds is 4. The Balaban J connectivity index is 0.00000200. The highest BCUT2D eigenvalue weighted by Gasteiger charge is 2.20. The molecule has 0 radical (unpaired) electrons. The van der Waals surface area contributed by atoms with Crippen molar-refractivity contribution in [3.8, 4) is 0 Å². The first kappa shape index (κ1) is 17.1. The number of halogens is 1. The van der Waals surface area contributed by atoms with E-state index in [4.69, 9.17) is 0 Å². The first-order valence-electron chi connectivity index (χ1n) is 6.58. The van der Waals surface area contributed by atoms with Crippen molar-refractivity contribution in [3.63, 3.8) is 0 Å². The molecule has 20 heavy (non-hydrogen) atoms. The lowest BCUT2D eigenvalue weighted by atomic mass is 10.0. The summed E-state index contributed by atoms with van der Waals surface area (Å²) in [5.74, 6) is 0.542. The van der Waals surface area contributed by atoms with Gasteiger partial charge in [0.1, 0.15) is 0 Å². The van der Waals surface area contributed by atoms with Crippen LogP contribution in [0.4, 0.5) is 5.69 Å². The number of amides is 1. The maximum Gasteiger partial charge on any atom is 0.241 e. The van der Waals surface area contributed by atoms with E-state index in [2.05, 4.69) is 10.6 Å². The van der Waals surface area contributed by atoms with Crippen LogP contribution in [0.15, 0.2) is 24.3 Å². The molecule has 1 aliphatic heterocycles. The van der Waals surface area contributed by atoms with Gasteiger partial charge in [-0.3, -0.25) is 9.00 Å². The zero-order valence-corrected chi connectivity index (χ0v) is 13.2. The van der Waals surface area contributed by atoms with E-state index in [9.17, 15) is 9.00 Å². The highest BCUT2D eigenvalue weighted by atomic mass is 35.5. The van der Waals surface area contributed by atoms with Crippen LogP contribution in [0.3, 0.4) is 0 Å². The van der Waals surface area contributed by atoms with Gasteiger partial charge in [0.15, 0.2) is 0 Å². The molecule has 1 aromatic carbocycles. The molecule has 0 bridgehead atoms. The summed E-state index contributed by atoms with van der Waals surface area (Å²) in [6.07, 6.45) is 4.81. The fourth-order valence-corrected chi connectivity index (χ4v) is 2.93. The molecule has 0 aliphatic carbocycles. The number of benzene rings is 1. The maximum atomic E-state index is 12.1. The summed E-state index contributed by atoms with van der Waals surface area (Å²) in [6, 6.07) is 7.48. The number of nitrogens with one attached hydrogen (secondary N) is 2. The molecule has 0 spiro atoms. The van der Waals surface area contributed by atoms with Crippen LogP contribution in [0.5, 0.6) is 0 Å². The van der Waals surface area contributed by atoms with Gasteiger partial charge in [0.25, 0.3) is 0 Å². The van der Waals surface area contributed by atoms with Crippen molar-refractivity contribution < 1.29 is 9.00 Å². The number of carbonyl (C=O) groups is 1. The topological polar surface area (TPSA) is 58.2 Å². The maximum absolute atomic E-state index is 12.1. The summed E-state index contributed by atoms with van der Waals surface area (Å²) in [5, 5.41) is 6.15. The third kappa shape index (κ3) is 5.23. The molecule has 1 fully saturated rings. The second-order valence-electron chi connectivity index (χ2n) is 4.91. The minimum Gasteiger partial charge on any atom is -0.325 e. The first-order chi connectivity index (χ1) is 9.15. The number of piperidine rings is 1. The minimum absolute atomic E-state index is 0. The smallest absolute Gasteiger partial charge is 0.241 e. The molecule has 2 unspecified atom stereocenters. The average molecular weight is 317 g/mol. The predicted molar refractivity (Wildman–Crippen MR) is 85.7 cm³/mol. The van der Waals surface area contributed by atoms with Gasteiger partial charge >= 0.3 is 0 Å². The molecule has 1 aromatic rings. The molecule has 0 saturated carbocycles. The molecule has 1 amide bonds. The third-order valence-corrected chi connectivity index (χ3v) is 3.93. The molecule has 112 valence electrons. The number of anilines is 1. The largest absolute Gasteiger partial charge is 0.325 e. The normalized spacial score (nSPS) is 19.8. The fraction of sp³-hybridized carbons (Fsp3) is 0.500. The van der Waals surface area contributed by atoms with Gasteiger partial charge in [-0.15, -0.1) is 12.4 Å². The second kappa shape index (κ2) is 8.39. The third-order valence-electron chi connectivity index (χ3n) is 3.19. The summed E-state index contributed by atoms with van der Waals surface area (Å²) >= 11 is 0. The molecular formula is C14H21ClN2O2S. The lowest BCUT2D eigenvalue weighted by molar-refractivity contribution is -0.118. The summed E-state index contributed by atoms with van der Waals surface area (Å²) < 4.78 is 11.2. The van der Waals surface area contributed by atoms with Crippen LogP contribution in [0, 0.1) is 0 Å². The standard InChI is InChI=1S/C14H20N2O2S.ClH/c1-19(18)10-11-5-4-6-12(9-11)16-14(17)13-7-2-3-8-15-13;/h4-6,9,13,15H,2-3,7-8,10H2,1H3,(H,16,17);1H. The zero-order valence-electron chi connectivity index (χ0n) is 11.6. The number of carbonyl (C=O) groups excluding carboxylic acids is 1. The molecule has 6 heteroatoms. The molecule has 2 atom stereocenters. The Morgan fingerprint density at radius 3 is 2.90 bits per heavy atom. The molecule has 0 aromatic heterocycles. The average Bonchev–Trinajstić information content (AvgIpc) is 2.39. The zero-order chi connectivity index (χ0) is 13.7. The van der Waals surface area contributed by atoms with Gasteiger partial charge in [-0.05, 0) is 37.1 Å². The quantitative estimate of drug-likeness (QED) is 0.894. The van der Waals surface area contributed by atoms with Crippen molar-refractivity contribution in [3.05, 3.63) is 29.8 Å². The van der Waals surface area contributed by atoms with Gasteiger partial charge in [-0.2, -0.15) is 0 Å². The molecule has 1 aliphatic rings. The Morgan fingerprint density at radius 1 is 1.45 bits per heavy atom. The van der Waals surface area contributed by atoms with Crippen LogP contribution in [0.25, 0.3) is 0 Å². The van der Waals surface area contributed by atoms with E-state index in [1.165, 1.54) is 0 Å². The van der Waals surface area contributed by atoms with Gasteiger partial charge in [-0.25, -0.2) is 0 Å². The van der Waals surface area contributed by atoms with Crippen molar-refractivity contribution in [2.75, 3.05) is 18.1 Å². The van der Waals surface area contributed by atoms with E-state index in [-0.39, 0.29) is 24.4 Å². The molecule has 2 N–H and O–H groups in total. The van der Waals surface area contributed by atoms with E-state index in [1.54, 1.807) is 6.26 Å². The lowest BCUT2D eigenvalue weighted by Crippen LogP contribution is -2.43. The van der Waals surface area contributed by atoms with E-state index >= 15 is 0 Å². The second-order valence-corrected chi connectivity index (χ2v) is 6.34. The van der Waals surface area contributed by atoms with E-state index in [0.717, 1.165) is 37.1 Å². The van der Waals surface area contributed by atoms with E-state index in [1.807, 2.05) is 24.3 Å². The molecule has 1 saturated heterocycles. The van der Waals surface area contributed by atoms with Crippen molar-refractivity contribution in [1.82, 2.24) is 5.32 Å². The van der Waals surface area contributed by atoms with Gasteiger partial charge in [0.2, 0.25) is 5.91 Å². The SMILES string of the molecule is CS(=O)Cc1cccc(NC(=O)C2CCCCN2)c1.Cl. The van der Waals surface area contributed by atoms with Crippen LogP contribution in [-0.2, 0) is 21.3 Å². The van der Waals surface area contributed by atoms with Crippen LogP contribution in [0.1, 0.15) is 24.8 Å². The minimum atomic E-state index is -0.867. The highest BCUT2D eigenvalue weighted by Crippen LogP contribution is 2.14. The van der Waals surface area contributed by atoms with Crippen molar-refractivity contribution in [1.29, 1.82) is 0 Å². The van der Waals surface area contributed by atoms with Gasteiger partial charge < -0.3 is 10.6 Å². The highest BCUT2D eigenvalue weighted by molar-refractivity contribution is 7.83. The van der Waals surface area contributed by atoms with E-state index < -0.39 is 10.8 Å². The van der Waals surface area contributed by atoms with Crippen LogP contribution >= 0.6 is 12.4 Å². The number of hydrogen-bond donors (Lipinski definition) is 2. The van der Waals surface area contributed by atoms with Crippen LogP contribution in [-0.4, -0.2) is 29.0 Å². The summed E-state index contributed by atoms with van der Waals surface area (Å²) in [6.45, 7) is 0.910. The van der Waals surface area contributed by atoms with Gasteiger partial charge in [0.05, 0.1) is 6.04 Å². The van der Waals surface area contributed by atoms with E-state index in [0.29, 0.717) is 5.75 Å². The number of hydrogen-bond acceptors (Lipinski definition) is 3. The Bertz CT molecular complexity index is 476. The van der Waals surface area contributed by atoms with Crippen molar-refractivity contribution >= 4 is 34.8 Å². The van der Waals surface area contributed by atoms with Crippen LogP contribution < -0.4 is 10.6 Å². The Hall–Kier alpha value is -0.910. The first-order valence-corrected chi connectivity index (χ1v) is 8.31. The molecule has 1 heterocycles. The molecular weight excluding hydrogens is 296 g/mol. The van der Waals surface area contributed by atoms with Crippen LogP contribution in [0.2, 0.25) is 0 Å². The Labute approximate surface area is 128 Å².